The molecule has 1 fully saturated rings. The van der Waals surface area contributed by atoms with Crippen molar-refractivity contribution in [1.82, 2.24) is 19.7 Å². The van der Waals surface area contributed by atoms with Gasteiger partial charge in [-0.3, -0.25) is 4.68 Å². The van der Waals surface area contributed by atoms with Gasteiger partial charge in [-0.1, -0.05) is 0 Å². The van der Waals surface area contributed by atoms with Gasteiger partial charge in [-0.25, -0.2) is 9.97 Å². The van der Waals surface area contributed by atoms with Crippen molar-refractivity contribution >= 4 is 16.9 Å². The average molecular weight is 260 g/mol. The molecule has 0 aromatic carbocycles. The van der Waals surface area contributed by atoms with Gasteiger partial charge in [0.15, 0.2) is 5.65 Å². The quantitative estimate of drug-likeness (QED) is 0.869. The number of anilines is 1. The first-order valence-corrected chi connectivity index (χ1v) is 6.80. The first kappa shape index (κ1) is 12.3. The van der Waals surface area contributed by atoms with Gasteiger partial charge in [0.25, 0.3) is 0 Å². The van der Waals surface area contributed by atoms with Crippen molar-refractivity contribution in [3.63, 3.8) is 0 Å². The van der Waals surface area contributed by atoms with Crippen molar-refractivity contribution in [2.75, 3.05) is 18.0 Å². The highest BCUT2D eigenvalue weighted by molar-refractivity contribution is 5.86. The minimum atomic E-state index is 0.487. The Morgan fingerprint density at radius 2 is 2.21 bits per heavy atom. The highest BCUT2D eigenvalue weighted by atomic mass is 15.3. The fraction of sp³-hybridized carbons (Fsp3) is 0.615. The van der Waals surface area contributed by atoms with E-state index in [2.05, 4.69) is 26.9 Å². The lowest BCUT2D eigenvalue weighted by molar-refractivity contribution is 0.372. The Kier molecular flexibility index (Phi) is 3.10. The number of nitrogens with zero attached hydrogens (tertiary/aromatic N) is 5. The summed E-state index contributed by atoms with van der Waals surface area (Å²) in [7, 11) is 1.90. The Hall–Kier alpha value is -1.69. The smallest absolute Gasteiger partial charge is 0.163 e. The summed E-state index contributed by atoms with van der Waals surface area (Å²) in [6.07, 6.45) is 5.84. The second-order valence-electron chi connectivity index (χ2n) is 5.38. The molecule has 3 heterocycles. The van der Waals surface area contributed by atoms with Crippen LogP contribution in [-0.2, 0) is 7.05 Å². The Labute approximate surface area is 112 Å². The van der Waals surface area contributed by atoms with Crippen molar-refractivity contribution in [2.24, 2.45) is 18.7 Å². The van der Waals surface area contributed by atoms with Gasteiger partial charge in [0.05, 0.1) is 11.6 Å². The summed E-state index contributed by atoms with van der Waals surface area (Å²) in [5, 5.41) is 5.30. The van der Waals surface area contributed by atoms with Gasteiger partial charge in [0.1, 0.15) is 12.1 Å². The number of hydrogen-bond acceptors (Lipinski definition) is 5. The Bertz CT molecular complexity index is 578. The van der Waals surface area contributed by atoms with Crippen LogP contribution in [0, 0.1) is 5.92 Å². The SMILES string of the molecule is CC1CCC(CN)CN1c1ncnc2c1cnn2C. The van der Waals surface area contributed by atoms with Crippen LogP contribution >= 0.6 is 0 Å². The van der Waals surface area contributed by atoms with Crippen molar-refractivity contribution in [2.45, 2.75) is 25.8 Å². The van der Waals surface area contributed by atoms with Crippen LogP contribution in [0.3, 0.4) is 0 Å². The van der Waals surface area contributed by atoms with E-state index in [0.29, 0.717) is 12.0 Å². The van der Waals surface area contributed by atoms with E-state index >= 15 is 0 Å². The summed E-state index contributed by atoms with van der Waals surface area (Å²) in [5.74, 6) is 1.54. The predicted octanol–water partition coefficient (Wildman–Crippen LogP) is 0.927. The molecule has 19 heavy (non-hydrogen) atoms. The van der Waals surface area contributed by atoms with Crippen LogP contribution in [-0.4, -0.2) is 38.9 Å². The van der Waals surface area contributed by atoms with Crippen LogP contribution in [0.5, 0.6) is 0 Å². The van der Waals surface area contributed by atoms with E-state index in [0.717, 1.165) is 36.4 Å². The van der Waals surface area contributed by atoms with Crippen LogP contribution in [0.1, 0.15) is 19.8 Å². The monoisotopic (exact) mass is 260 g/mol. The van der Waals surface area contributed by atoms with Crippen LogP contribution in [0.4, 0.5) is 5.82 Å². The van der Waals surface area contributed by atoms with Crippen LogP contribution in [0.25, 0.3) is 11.0 Å². The van der Waals surface area contributed by atoms with E-state index in [9.17, 15) is 0 Å². The van der Waals surface area contributed by atoms with Crippen molar-refractivity contribution in [3.8, 4) is 0 Å². The maximum atomic E-state index is 5.83. The molecule has 0 aliphatic carbocycles. The summed E-state index contributed by atoms with van der Waals surface area (Å²) < 4.78 is 1.79. The van der Waals surface area contributed by atoms with E-state index in [1.165, 1.54) is 6.42 Å². The van der Waals surface area contributed by atoms with E-state index < -0.39 is 0 Å². The maximum absolute atomic E-state index is 5.83. The van der Waals surface area contributed by atoms with E-state index in [1.54, 1.807) is 11.0 Å². The summed E-state index contributed by atoms with van der Waals surface area (Å²) in [6, 6.07) is 0.487. The number of nitrogens with two attached hydrogens (primary N) is 1. The number of hydrogen-bond donors (Lipinski definition) is 1. The lowest BCUT2D eigenvalue weighted by atomic mass is 9.93. The normalized spacial score (nSPS) is 24.1. The highest BCUT2D eigenvalue weighted by Gasteiger charge is 2.27. The molecular formula is C13H20N6. The Balaban J connectivity index is 2.02. The Morgan fingerprint density at radius 3 is 3.00 bits per heavy atom. The van der Waals surface area contributed by atoms with E-state index in [-0.39, 0.29) is 0 Å². The predicted molar refractivity (Wildman–Crippen MR) is 74.9 cm³/mol. The first-order valence-electron chi connectivity index (χ1n) is 6.80. The van der Waals surface area contributed by atoms with Gasteiger partial charge in [-0.15, -0.1) is 0 Å². The zero-order chi connectivity index (χ0) is 13.4. The van der Waals surface area contributed by atoms with E-state index in [1.807, 2.05) is 13.2 Å². The fourth-order valence-electron chi connectivity index (χ4n) is 2.85. The molecular weight excluding hydrogens is 240 g/mol. The summed E-state index contributed by atoms with van der Waals surface area (Å²) in [5.41, 5.74) is 6.71. The highest BCUT2D eigenvalue weighted by Crippen LogP contribution is 2.30. The lowest BCUT2D eigenvalue weighted by Gasteiger charge is -2.38. The molecule has 2 atom stereocenters. The minimum absolute atomic E-state index is 0.487. The first-order chi connectivity index (χ1) is 9.20. The summed E-state index contributed by atoms with van der Waals surface area (Å²) in [6.45, 7) is 3.96. The Morgan fingerprint density at radius 1 is 1.37 bits per heavy atom. The molecule has 6 nitrogen and oxygen atoms in total. The average Bonchev–Trinajstić information content (AvgIpc) is 2.81. The molecule has 2 aromatic rings. The third-order valence-corrected chi connectivity index (χ3v) is 4.09. The molecule has 102 valence electrons. The molecule has 2 N–H and O–H groups in total. The molecule has 0 saturated carbocycles. The second kappa shape index (κ2) is 4.77. The number of aryl methyl sites for hydroxylation is 1. The topological polar surface area (TPSA) is 72.9 Å². The fourth-order valence-corrected chi connectivity index (χ4v) is 2.85. The zero-order valence-electron chi connectivity index (χ0n) is 11.5. The van der Waals surface area contributed by atoms with Gasteiger partial charge in [0.2, 0.25) is 0 Å². The maximum Gasteiger partial charge on any atom is 0.163 e. The van der Waals surface area contributed by atoms with Crippen LogP contribution < -0.4 is 10.6 Å². The van der Waals surface area contributed by atoms with Crippen LogP contribution in [0.15, 0.2) is 12.5 Å². The van der Waals surface area contributed by atoms with Gasteiger partial charge >= 0.3 is 0 Å². The van der Waals surface area contributed by atoms with Crippen molar-refractivity contribution in [3.05, 3.63) is 12.5 Å². The van der Waals surface area contributed by atoms with E-state index in [4.69, 9.17) is 5.73 Å². The number of rotatable bonds is 2. The standard InChI is InChI=1S/C13H20N6/c1-9-3-4-10(5-14)7-19(9)13-11-6-17-18(2)12(11)15-8-16-13/h6,8-10H,3-5,7,14H2,1-2H3. The minimum Gasteiger partial charge on any atom is -0.353 e. The van der Waals surface area contributed by atoms with Gasteiger partial charge in [-0.2, -0.15) is 5.10 Å². The van der Waals surface area contributed by atoms with Crippen molar-refractivity contribution in [1.29, 1.82) is 0 Å². The largest absolute Gasteiger partial charge is 0.353 e. The molecule has 2 unspecified atom stereocenters. The molecule has 1 aliphatic heterocycles. The van der Waals surface area contributed by atoms with Gasteiger partial charge in [-0.05, 0) is 32.2 Å². The molecule has 6 heteroatoms. The zero-order valence-corrected chi connectivity index (χ0v) is 11.5. The molecule has 1 saturated heterocycles. The van der Waals surface area contributed by atoms with Crippen molar-refractivity contribution < 1.29 is 0 Å². The molecule has 0 bridgehead atoms. The molecule has 3 rings (SSSR count). The summed E-state index contributed by atoms with van der Waals surface area (Å²) >= 11 is 0. The lowest BCUT2D eigenvalue weighted by Crippen LogP contribution is -2.44. The molecule has 1 aliphatic rings. The second-order valence-corrected chi connectivity index (χ2v) is 5.38. The molecule has 0 radical (unpaired) electrons. The number of piperidine rings is 1. The molecule has 0 amide bonds. The van der Waals surface area contributed by atoms with Gasteiger partial charge in [0, 0.05) is 19.6 Å². The molecule has 0 spiro atoms. The molecule has 2 aromatic heterocycles. The third kappa shape index (κ3) is 2.06. The number of fused-ring (bicyclic) bond motifs is 1. The summed E-state index contributed by atoms with van der Waals surface area (Å²) in [4.78, 5) is 11.1. The van der Waals surface area contributed by atoms with Crippen LogP contribution in [0.2, 0.25) is 0 Å². The number of aromatic nitrogens is 4. The third-order valence-electron chi connectivity index (χ3n) is 4.09. The van der Waals surface area contributed by atoms with Gasteiger partial charge < -0.3 is 10.6 Å².